The number of aryl methyl sites for hydroxylation is 1. The van der Waals surface area contributed by atoms with Crippen LogP contribution in [0.3, 0.4) is 0 Å². The Labute approximate surface area is 143 Å². The van der Waals surface area contributed by atoms with Gasteiger partial charge >= 0.3 is 0 Å². The van der Waals surface area contributed by atoms with Crippen LogP contribution in [0.2, 0.25) is 0 Å². The molecule has 5 heteroatoms. The van der Waals surface area contributed by atoms with Gasteiger partial charge in [0.05, 0.1) is 0 Å². The van der Waals surface area contributed by atoms with Crippen molar-refractivity contribution in [3.63, 3.8) is 0 Å². The highest BCUT2D eigenvalue weighted by Crippen LogP contribution is 2.03. The Morgan fingerprint density at radius 1 is 0.958 bits per heavy atom. The Morgan fingerprint density at radius 2 is 1.71 bits per heavy atom. The first-order valence-electron chi connectivity index (χ1n) is 8.02. The molecule has 0 aromatic heterocycles. The minimum absolute atomic E-state index is 0.0623. The summed E-state index contributed by atoms with van der Waals surface area (Å²) in [4.78, 5) is 16.2. The number of guanidine groups is 1. The van der Waals surface area contributed by atoms with Crippen LogP contribution in [-0.2, 0) is 6.54 Å². The second kappa shape index (κ2) is 9.35. The number of carbonyl (C=O) groups is 1. The zero-order chi connectivity index (χ0) is 17.2. The van der Waals surface area contributed by atoms with E-state index >= 15 is 0 Å². The van der Waals surface area contributed by atoms with Crippen molar-refractivity contribution in [3.05, 3.63) is 71.3 Å². The lowest BCUT2D eigenvalue weighted by Gasteiger charge is -2.12. The van der Waals surface area contributed by atoms with E-state index in [9.17, 15) is 4.79 Å². The van der Waals surface area contributed by atoms with Crippen LogP contribution >= 0.6 is 0 Å². The molecule has 0 saturated carbocycles. The van der Waals surface area contributed by atoms with Crippen molar-refractivity contribution in [1.29, 1.82) is 0 Å². The second-order valence-corrected chi connectivity index (χ2v) is 5.46. The standard InChI is InChI=1S/C19H24N4O/c1-15-7-6-10-17(13-15)18(24)21-11-12-22-19(20-2)23-14-16-8-4-3-5-9-16/h3-10,13H,11-12,14H2,1-2H3,(H,21,24)(H2,20,22,23). The second-order valence-electron chi connectivity index (χ2n) is 5.46. The molecule has 0 spiro atoms. The SMILES string of the molecule is CN=C(NCCNC(=O)c1cccc(C)c1)NCc1ccccc1. The zero-order valence-electron chi connectivity index (χ0n) is 14.2. The van der Waals surface area contributed by atoms with E-state index in [4.69, 9.17) is 0 Å². The highest BCUT2D eigenvalue weighted by molar-refractivity contribution is 5.94. The molecular weight excluding hydrogens is 300 g/mol. The third kappa shape index (κ3) is 5.76. The molecule has 0 fully saturated rings. The summed E-state index contributed by atoms with van der Waals surface area (Å²) in [5.41, 5.74) is 2.95. The van der Waals surface area contributed by atoms with Crippen LogP contribution in [0.1, 0.15) is 21.5 Å². The van der Waals surface area contributed by atoms with Gasteiger partial charge in [-0.15, -0.1) is 0 Å². The highest BCUT2D eigenvalue weighted by Gasteiger charge is 2.04. The summed E-state index contributed by atoms with van der Waals surface area (Å²) in [7, 11) is 1.73. The lowest BCUT2D eigenvalue weighted by Crippen LogP contribution is -2.41. The molecular formula is C19H24N4O. The van der Waals surface area contributed by atoms with E-state index in [-0.39, 0.29) is 5.91 Å². The van der Waals surface area contributed by atoms with Gasteiger partial charge in [0, 0.05) is 32.2 Å². The smallest absolute Gasteiger partial charge is 0.251 e. The first kappa shape index (κ1) is 17.5. The van der Waals surface area contributed by atoms with Gasteiger partial charge in [0.1, 0.15) is 0 Å². The minimum atomic E-state index is -0.0623. The van der Waals surface area contributed by atoms with Crippen LogP contribution in [0.4, 0.5) is 0 Å². The Balaban J connectivity index is 1.69. The number of carbonyl (C=O) groups excluding carboxylic acids is 1. The van der Waals surface area contributed by atoms with Crippen LogP contribution in [0.5, 0.6) is 0 Å². The Bertz CT molecular complexity index is 683. The molecule has 0 saturated heterocycles. The third-order valence-corrected chi connectivity index (χ3v) is 3.51. The van der Waals surface area contributed by atoms with Gasteiger partial charge in [-0.1, -0.05) is 48.0 Å². The van der Waals surface area contributed by atoms with Gasteiger partial charge in [-0.2, -0.15) is 0 Å². The molecule has 1 amide bonds. The molecule has 5 nitrogen and oxygen atoms in total. The topological polar surface area (TPSA) is 65.5 Å². The number of benzene rings is 2. The summed E-state index contributed by atoms with van der Waals surface area (Å²) in [6.45, 7) is 3.81. The van der Waals surface area contributed by atoms with E-state index in [1.807, 2.05) is 49.4 Å². The zero-order valence-corrected chi connectivity index (χ0v) is 14.2. The Hall–Kier alpha value is -2.82. The van der Waals surface area contributed by atoms with Crippen LogP contribution in [-0.4, -0.2) is 32.0 Å². The fourth-order valence-corrected chi connectivity index (χ4v) is 2.25. The van der Waals surface area contributed by atoms with Crippen molar-refractivity contribution >= 4 is 11.9 Å². The summed E-state index contributed by atoms with van der Waals surface area (Å²) in [5, 5.41) is 9.32. The monoisotopic (exact) mass is 324 g/mol. The molecule has 0 unspecified atom stereocenters. The van der Waals surface area contributed by atoms with Crippen molar-refractivity contribution in [2.45, 2.75) is 13.5 Å². The number of nitrogens with one attached hydrogen (secondary N) is 3. The van der Waals surface area contributed by atoms with Crippen molar-refractivity contribution in [3.8, 4) is 0 Å². The van der Waals surface area contributed by atoms with Gasteiger partial charge in [0.25, 0.3) is 5.91 Å². The summed E-state index contributed by atoms with van der Waals surface area (Å²) >= 11 is 0. The molecule has 0 aliphatic carbocycles. The maximum atomic E-state index is 12.0. The van der Waals surface area contributed by atoms with E-state index < -0.39 is 0 Å². The predicted octanol–water partition coefficient (Wildman–Crippen LogP) is 2.09. The first-order chi connectivity index (χ1) is 11.7. The molecule has 2 rings (SSSR count). The van der Waals surface area contributed by atoms with E-state index in [2.05, 4.69) is 33.1 Å². The van der Waals surface area contributed by atoms with Gasteiger partial charge < -0.3 is 16.0 Å². The molecule has 0 heterocycles. The average Bonchev–Trinajstić information content (AvgIpc) is 2.61. The fraction of sp³-hybridized carbons (Fsp3) is 0.263. The minimum Gasteiger partial charge on any atom is -0.355 e. The lowest BCUT2D eigenvalue weighted by atomic mass is 10.1. The van der Waals surface area contributed by atoms with Crippen LogP contribution < -0.4 is 16.0 Å². The van der Waals surface area contributed by atoms with Gasteiger partial charge in [-0.05, 0) is 24.6 Å². The van der Waals surface area contributed by atoms with Crippen LogP contribution in [0, 0.1) is 6.92 Å². The molecule has 24 heavy (non-hydrogen) atoms. The highest BCUT2D eigenvalue weighted by atomic mass is 16.1. The molecule has 2 aromatic rings. The molecule has 126 valence electrons. The van der Waals surface area contributed by atoms with Crippen molar-refractivity contribution in [1.82, 2.24) is 16.0 Å². The third-order valence-electron chi connectivity index (χ3n) is 3.51. The maximum absolute atomic E-state index is 12.0. The number of hydrogen-bond acceptors (Lipinski definition) is 2. The van der Waals surface area contributed by atoms with Crippen molar-refractivity contribution in [2.75, 3.05) is 20.1 Å². The molecule has 2 aromatic carbocycles. The summed E-state index contributed by atoms with van der Waals surface area (Å²) < 4.78 is 0. The number of nitrogens with zero attached hydrogens (tertiary/aromatic N) is 1. The summed E-state index contributed by atoms with van der Waals surface area (Å²) in [6, 6.07) is 17.7. The van der Waals surface area contributed by atoms with Gasteiger partial charge in [0.2, 0.25) is 0 Å². The number of amides is 1. The number of hydrogen-bond donors (Lipinski definition) is 3. The summed E-state index contributed by atoms with van der Waals surface area (Å²) in [5.74, 6) is 0.649. The quantitative estimate of drug-likeness (QED) is 0.433. The molecule has 0 atom stereocenters. The maximum Gasteiger partial charge on any atom is 0.251 e. The Kier molecular flexibility index (Phi) is 6.83. The molecule has 0 aliphatic rings. The fourth-order valence-electron chi connectivity index (χ4n) is 2.25. The van der Waals surface area contributed by atoms with Crippen LogP contribution in [0.15, 0.2) is 59.6 Å². The van der Waals surface area contributed by atoms with Crippen LogP contribution in [0.25, 0.3) is 0 Å². The lowest BCUT2D eigenvalue weighted by molar-refractivity contribution is 0.0954. The predicted molar refractivity (Wildman–Crippen MR) is 98.2 cm³/mol. The first-order valence-corrected chi connectivity index (χ1v) is 8.02. The van der Waals surface area contributed by atoms with E-state index in [0.29, 0.717) is 31.2 Å². The van der Waals surface area contributed by atoms with Crippen molar-refractivity contribution in [2.24, 2.45) is 4.99 Å². The van der Waals surface area contributed by atoms with E-state index in [1.165, 1.54) is 5.56 Å². The largest absolute Gasteiger partial charge is 0.355 e. The van der Waals surface area contributed by atoms with E-state index in [0.717, 1.165) is 5.56 Å². The van der Waals surface area contributed by atoms with Gasteiger partial charge in [-0.3, -0.25) is 9.79 Å². The molecule has 0 bridgehead atoms. The Morgan fingerprint density at radius 3 is 2.42 bits per heavy atom. The summed E-state index contributed by atoms with van der Waals surface area (Å²) in [6.07, 6.45) is 0. The average molecular weight is 324 g/mol. The normalized spacial score (nSPS) is 11.0. The van der Waals surface area contributed by atoms with Gasteiger partial charge in [-0.25, -0.2) is 0 Å². The number of rotatable bonds is 6. The molecule has 3 N–H and O–H groups in total. The molecule has 0 aliphatic heterocycles. The van der Waals surface area contributed by atoms with Gasteiger partial charge in [0.15, 0.2) is 5.96 Å². The van der Waals surface area contributed by atoms with Crippen molar-refractivity contribution < 1.29 is 4.79 Å². The number of aliphatic imine (C=N–C) groups is 1. The van der Waals surface area contributed by atoms with E-state index in [1.54, 1.807) is 7.05 Å². The molecule has 0 radical (unpaired) electrons.